The van der Waals surface area contributed by atoms with Crippen molar-refractivity contribution in [3.63, 3.8) is 0 Å². The number of hydrogen-bond donors (Lipinski definition) is 3. The monoisotopic (exact) mass is 235 g/mol. The summed E-state index contributed by atoms with van der Waals surface area (Å²) in [6, 6.07) is 3.95. The fourth-order valence-electron chi connectivity index (χ4n) is 1.37. The highest BCUT2D eigenvalue weighted by molar-refractivity contribution is 5.79. The van der Waals surface area contributed by atoms with E-state index in [9.17, 15) is 0 Å². The van der Waals surface area contributed by atoms with Gasteiger partial charge < -0.3 is 5.32 Å². The number of guanidine groups is 1. The summed E-state index contributed by atoms with van der Waals surface area (Å²) in [7, 11) is 0. The predicted molar refractivity (Wildman–Crippen MR) is 70.3 cm³/mol. The van der Waals surface area contributed by atoms with Gasteiger partial charge in [-0.15, -0.1) is 0 Å². The van der Waals surface area contributed by atoms with E-state index in [1.54, 1.807) is 6.20 Å². The molecule has 94 valence electrons. The third-order valence-corrected chi connectivity index (χ3v) is 2.46. The Morgan fingerprint density at radius 2 is 2.35 bits per heavy atom. The number of aryl methyl sites for hydroxylation is 1. The van der Waals surface area contributed by atoms with Gasteiger partial charge in [-0.2, -0.15) is 0 Å². The second-order valence-corrected chi connectivity index (χ2v) is 3.86. The summed E-state index contributed by atoms with van der Waals surface area (Å²) < 4.78 is 0. The minimum absolute atomic E-state index is 0.533. The van der Waals surface area contributed by atoms with Crippen LogP contribution in [0.25, 0.3) is 0 Å². The number of unbranched alkanes of at least 4 members (excludes halogenated alkanes) is 1. The van der Waals surface area contributed by atoms with Crippen LogP contribution in [0.5, 0.6) is 0 Å². The van der Waals surface area contributed by atoms with E-state index in [-0.39, 0.29) is 0 Å². The maximum Gasteiger partial charge on any atom is 0.206 e. The van der Waals surface area contributed by atoms with Crippen molar-refractivity contribution in [3.05, 3.63) is 29.6 Å². The molecule has 0 unspecified atom stereocenters. The quantitative estimate of drug-likeness (QED) is 0.235. The van der Waals surface area contributed by atoms with Crippen LogP contribution in [-0.4, -0.2) is 17.5 Å². The van der Waals surface area contributed by atoms with Gasteiger partial charge in [0.05, 0.1) is 12.2 Å². The summed E-state index contributed by atoms with van der Waals surface area (Å²) in [6.45, 7) is 5.58. The van der Waals surface area contributed by atoms with Gasteiger partial charge in [-0.3, -0.25) is 10.4 Å². The Labute approximate surface area is 103 Å². The lowest BCUT2D eigenvalue weighted by molar-refractivity contribution is 0.730. The summed E-state index contributed by atoms with van der Waals surface area (Å²) in [5, 5.41) is 3.15. The summed E-state index contributed by atoms with van der Waals surface area (Å²) in [5.41, 5.74) is 4.67. The molecule has 0 aliphatic heterocycles. The number of aliphatic imine (C=N–C) groups is 1. The number of nitrogens with one attached hydrogen (secondary N) is 2. The lowest BCUT2D eigenvalue weighted by Crippen LogP contribution is -2.42. The van der Waals surface area contributed by atoms with Crippen molar-refractivity contribution in [2.75, 3.05) is 6.54 Å². The van der Waals surface area contributed by atoms with E-state index < -0.39 is 0 Å². The van der Waals surface area contributed by atoms with Crippen LogP contribution in [0, 0.1) is 6.92 Å². The first-order chi connectivity index (χ1) is 8.27. The molecular weight excluding hydrogens is 214 g/mol. The maximum atomic E-state index is 5.39. The van der Waals surface area contributed by atoms with Gasteiger partial charge in [0, 0.05) is 12.7 Å². The Bertz CT molecular complexity index is 362. The van der Waals surface area contributed by atoms with Gasteiger partial charge in [0.15, 0.2) is 0 Å². The first kappa shape index (κ1) is 13.4. The van der Waals surface area contributed by atoms with E-state index in [1.807, 2.05) is 19.1 Å². The third-order valence-electron chi connectivity index (χ3n) is 2.46. The average Bonchev–Trinajstić information content (AvgIpc) is 2.35. The van der Waals surface area contributed by atoms with Crippen molar-refractivity contribution in [3.8, 4) is 0 Å². The van der Waals surface area contributed by atoms with E-state index in [2.05, 4.69) is 27.6 Å². The van der Waals surface area contributed by atoms with Gasteiger partial charge in [-0.05, 0) is 25.0 Å². The fraction of sp³-hybridized carbons (Fsp3) is 0.500. The Kier molecular flexibility index (Phi) is 6.03. The largest absolute Gasteiger partial charge is 0.355 e. The first-order valence-corrected chi connectivity index (χ1v) is 5.93. The number of pyridine rings is 1. The molecule has 0 saturated carbocycles. The van der Waals surface area contributed by atoms with Gasteiger partial charge >= 0.3 is 0 Å². The molecular formula is C12H21N5. The predicted octanol–water partition coefficient (Wildman–Crippen LogP) is 1.10. The molecule has 5 nitrogen and oxygen atoms in total. The average molecular weight is 235 g/mol. The van der Waals surface area contributed by atoms with Crippen LogP contribution in [0.2, 0.25) is 0 Å². The van der Waals surface area contributed by atoms with Gasteiger partial charge in [0.2, 0.25) is 5.96 Å². The second kappa shape index (κ2) is 7.62. The first-order valence-electron chi connectivity index (χ1n) is 5.93. The minimum atomic E-state index is 0.533. The standard InChI is InChI=1S/C12H21N5/c1-3-4-7-15-12(17-13)16-9-11-10(2)6-5-8-14-11/h5-6,8H,3-4,7,9,13H2,1-2H3,(H2,15,16,17). The molecule has 0 amide bonds. The highest BCUT2D eigenvalue weighted by atomic mass is 15.3. The molecule has 0 aliphatic rings. The minimum Gasteiger partial charge on any atom is -0.355 e. The van der Waals surface area contributed by atoms with Crippen molar-refractivity contribution >= 4 is 5.96 Å². The summed E-state index contributed by atoms with van der Waals surface area (Å²) >= 11 is 0. The fourth-order valence-corrected chi connectivity index (χ4v) is 1.37. The van der Waals surface area contributed by atoms with Crippen LogP contribution in [0.15, 0.2) is 23.3 Å². The van der Waals surface area contributed by atoms with Gasteiger partial charge in [0.1, 0.15) is 0 Å². The number of nitrogens with two attached hydrogens (primary N) is 1. The van der Waals surface area contributed by atoms with Crippen LogP contribution >= 0.6 is 0 Å². The zero-order valence-electron chi connectivity index (χ0n) is 10.5. The Hall–Kier alpha value is -1.62. The molecule has 1 rings (SSSR count). The smallest absolute Gasteiger partial charge is 0.206 e. The summed E-state index contributed by atoms with van der Waals surface area (Å²) in [4.78, 5) is 8.63. The van der Waals surface area contributed by atoms with Crippen LogP contribution in [0.4, 0.5) is 0 Å². The van der Waals surface area contributed by atoms with E-state index in [0.29, 0.717) is 12.5 Å². The van der Waals surface area contributed by atoms with Crippen LogP contribution in [0.1, 0.15) is 31.0 Å². The molecule has 0 bridgehead atoms. The molecule has 4 N–H and O–H groups in total. The topological polar surface area (TPSA) is 75.3 Å². The van der Waals surface area contributed by atoms with Gasteiger partial charge in [0.25, 0.3) is 0 Å². The number of hydrazine groups is 1. The number of hydrogen-bond acceptors (Lipinski definition) is 3. The molecule has 0 spiro atoms. The number of aromatic nitrogens is 1. The second-order valence-electron chi connectivity index (χ2n) is 3.86. The van der Waals surface area contributed by atoms with Crippen LogP contribution in [0.3, 0.4) is 0 Å². The lowest BCUT2D eigenvalue weighted by atomic mass is 10.2. The van der Waals surface area contributed by atoms with E-state index >= 15 is 0 Å². The Morgan fingerprint density at radius 3 is 3.00 bits per heavy atom. The Morgan fingerprint density at radius 1 is 1.53 bits per heavy atom. The van der Waals surface area contributed by atoms with Crippen molar-refractivity contribution in [2.45, 2.75) is 33.2 Å². The molecule has 0 aromatic carbocycles. The lowest BCUT2D eigenvalue weighted by Gasteiger charge is -2.08. The molecule has 5 heteroatoms. The van der Waals surface area contributed by atoms with Crippen molar-refractivity contribution in [1.82, 2.24) is 15.7 Å². The molecule has 1 aromatic rings. The molecule has 0 fully saturated rings. The summed E-state index contributed by atoms with van der Waals surface area (Å²) in [5.74, 6) is 6.01. The zero-order valence-corrected chi connectivity index (χ0v) is 10.5. The summed E-state index contributed by atoms with van der Waals surface area (Å²) in [6.07, 6.45) is 4.02. The van der Waals surface area contributed by atoms with Gasteiger partial charge in [-0.25, -0.2) is 10.8 Å². The molecule has 0 radical (unpaired) electrons. The maximum absolute atomic E-state index is 5.39. The van der Waals surface area contributed by atoms with Gasteiger partial charge in [-0.1, -0.05) is 19.4 Å². The molecule has 1 aromatic heterocycles. The van der Waals surface area contributed by atoms with E-state index in [4.69, 9.17) is 5.84 Å². The molecule has 1 heterocycles. The third kappa shape index (κ3) is 4.82. The SMILES string of the molecule is CCCCNC(=NCc1ncccc1C)NN. The number of nitrogens with zero attached hydrogens (tertiary/aromatic N) is 2. The van der Waals surface area contributed by atoms with Crippen molar-refractivity contribution in [1.29, 1.82) is 0 Å². The van der Waals surface area contributed by atoms with Crippen molar-refractivity contribution < 1.29 is 0 Å². The number of rotatable bonds is 5. The van der Waals surface area contributed by atoms with Crippen molar-refractivity contribution in [2.24, 2.45) is 10.8 Å². The molecule has 0 atom stereocenters. The Balaban J connectivity index is 2.52. The van der Waals surface area contributed by atoms with E-state index in [1.165, 1.54) is 0 Å². The highest BCUT2D eigenvalue weighted by Gasteiger charge is 1.99. The highest BCUT2D eigenvalue weighted by Crippen LogP contribution is 2.03. The normalized spacial score (nSPS) is 11.4. The van der Waals surface area contributed by atoms with Crippen LogP contribution < -0.4 is 16.6 Å². The van der Waals surface area contributed by atoms with E-state index in [0.717, 1.165) is 30.6 Å². The zero-order chi connectivity index (χ0) is 12.5. The molecule has 0 aliphatic carbocycles. The van der Waals surface area contributed by atoms with Crippen LogP contribution in [-0.2, 0) is 6.54 Å². The molecule has 0 saturated heterocycles. The molecule has 17 heavy (non-hydrogen) atoms.